The van der Waals surface area contributed by atoms with E-state index in [4.69, 9.17) is 28.3 Å². The van der Waals surface area contributed by atoms with Gasteiger partial charge in [-0.15, -0.1) is 12.4 Å². The summed E-state index contributed by atoms with van der Waals surface area (Å²) < 4.78 is 1.77. The Morgan fingerprint density at radius 2 is 1.91 bits per heavy atom. The molecule has 1 aliphatic heterocycles. The first kappa shape index (κ1) is 24.2. The summed E-state index contributed by atoms with van der Waals surface area (Å²) >= 11 is 12.3. The minimum Gasteiger partial charge on any atom is -0.385 e. The second kappa shape index (κ2) is 9.61. The van der Waals surface area contributed by atoms with Gasteiger partial charge in [0, 0.05) is 23.7 Å². The molecule has 1 aromatic heterocycles. The Balaban J connectivity index is 0.00000289. The number of benzene rings is 2. The number of fused-ring (bicyclic) bond motifs is 1. The lowest BCUT2D eigenvalue weighted by atomic mass is 9.92. The molecule has 0 saturated carbocycles. The molecule has 9 heteroatoms. The monoisotopic (exact) mass is 493 g/mol. The first-order valence-corrected chi connectivity index (χ1v) is 11.0. The molecule has 0 fully saturated rings. The summed E-state index contributed by atoms with van der Waals surface area (Å²) in [5, 5.41) is 14.6. The molecule has 0 unspecified atom stereocenters. The zero-order valence-electron chi connectivity index (χ0n) is 18.1. The Hall–Kier alpha value is -2.41. The van der Waals surface area contributed by atoms with Gasteiger partial charge in [-0.25, -0.2) is 9.48 Å². The lowest BCUT2D eigenvalue weighted by molar-refractivity contribution is 0.262. The van der Waals surface area contributed by atoms with Gasteiger partial charge >= 0.3 is 6.03 Å². The third-order valence-corrected chi connectivity index (χ3v) is 6.01. The lowest BCUT2D eigenvalue weighted by Crippen LogP contribution is -2.21. The molecule has 0 aliphatic carbocycles. The third-order valence-electron chi connectivity index (χ3n) is 5.19. The van der Waals surface area contributed by atoms with Crippen molar-refractivity contribution in [1.82, 2.24) is 9.78 Å². The normalized spacial score (nSPS) is 12.9. The summed E-state index contributed by atoms with van der Waals surface area (Å²) in [6.45, 7) is 7.26. The van der Waals surface area contributed by atoms with Crippen LogP contribution in [0, 0.1) is 0 Å². The Bertz CT molecular complexity index is 1140. The van der Waals surface area contributed by atoms with Crippen molar-refractivity contribution in [2.75, 3.05) is 22.5 Å². The standard InChI is InChI=1S/C23H25Cl2N5O.ClH/c1-23(2,3)19-13-20(28-22(31)27-18-8-4-7-16(24)21(18)25)30(29-19)15-9-10-17-14(12-15)6-5-11-26-17;/h4,7-10,12-13,26H,5-6,11H2,1-3H3,(H2,27,28,31);1H. The van der Waals surface area contributed by atoms with E-state index in [1.807, 2.05) is 12.1 Å². The van der Waals surface area contributed by atoms with Crippen LogP contribution in [0.2, 0.25) is 10.0 Å². The number of carbonyl (C=O) groups is 1. The Morgan fingerprint density at radius 3 is 2.66 bits per heavy atom. The van der Waals surface area contributed by atoms with Crippen molar-refractivity contribution in [1.29, 1.82) is 0 Å². The van der Waals surface area contributed by atoms with Crippen LogP contribution in [-0.4, -0.2) is 22.4 Å². The van der Waals surface area contributed by atoms with Crippen molar-refractivity contribution < 1.29 is 4.79 Å². The molecule has 0 bridgehead atoms. The molecule has 0 atom stereocenters. The molecule has 170 valence electrons. The number of aromatic nitrogens is 2. The second-order valence-corrected chi connectivity index (χ2v) is 9.41. The molecule has 6 nitrogen and oxygen atoms in total. The highest BCUT2D eigenvalue weighted by atomic mass is 35.5. The van der Waals surface area contributed by atoms with E-state index in [1.54, 1.807) is 22.9 Å². The number of hydrogen-bond donors (Lipinski definition) is 3. The second-order valence-electron chi connectivity index (χ2n) is 8.63. The van der Waals surface area contributed by atoms with E-state index < -0.39 is 6.03 Å². The summed E-state index contributed by atoms with van der Waals surface area (Å²) in [5.74, 6) is 0.573. The Labute approximate surface area is 204 Å². The molecule has 0 radical (unpaired) electrons. The van der Waals surface area contributed by atoms with E-state index in [2.05, 4.69) is 48.9 Å². The van der Waals surface area contributed by atoms with Crippen molar-refractivity contribution in [2.45, 2.75) is 39.0 Å². The van der Waals surface area contributed by atoms with E-state index >= 15 is 0 Å². The van der Waals surface area contributed by atoms with Gasteiger partial charge in [-0.05, 0) is 48.7 Å². The molecule has 0 saturated heterocycles. The topological polar surface area (TPSA) is 71.0 Å². The maximum absolute atomic E-state index is 12.7. The highest BCUT2D eigenvalue weighted by Crippen LogP contribution is 2.31. The quantitative estimate of drug-likeness (QED) is 0.371. The molecule has 3 N–H and O–H groups in total. The molecular formula is C23H26Cl3N5O. The summed E-state index contributed by atoms with van der Waals surface area (Å²) in [4.78, 5) is 12.7. The molecule has 0 spiro atoms. The summed E-state index contributed by atoms with van der Waals surface area (Å²) in [6.07, 6.45) is 2.11. The van der Waals surface area contributed by atoms with Crippen molar-refractivity contribution in [3.8, 4) is 5.69 Å². The largest absolute Gasteiger partial charge is 0.385 e. The average molecular weight is 495 g/mol. The molecule has 2 amide bonds. The van der Waals surface area contributed by atoms with Crippen molar-refractivity contribution in [3.63, 3.8) is 0 Å². The first-order chi connectivity index (χ1) is 14.7. The number of aryl methyl sites for hydroxylation is 1. The third kappa shape index (κ3) is 5.14. The number of halogens is 3. The number of carbonyl (C=O) groups excluding carboxylic acids is 1. The maximum Gasteiger partial charge on any atom is 0.324 e. The van der Waals surface area contributed by atoms with E-state index in [-0.39, 0.29) is 17.8 Å². The molecule has 3 aromatic rings. The van der Waals surface area contributed by atoms with Crippen LogP contribution in [0.5, 0.6) is 0 Å². The van der Waals surface area contributed by atoms with E-state index in [0.29, 0.717) is 21.6 Å². The van der Waals surface area contributed by atoms with Crippen LogP contribution >= 0.6 is 35.6 Å². The summed E-state index contributed by atoms with van der Waals surface area (Å²) in [5.41, 5.74) is 4.44. The predicted octanol–water partition coefficient (Wildman–Crippen LogP) is 6.90. The van der Waals surface area contributed by atoms with Gasteiger partial charge in [0.1, 0.15) is 5.82 Å². The van der Waals surface area contributed by atoms with Crippen LogP contribution in [0.4, 0.5) is 22.0 Å². The van der Waals surface area contributed by atoms with Gasteiger partial charge in [0.25, 0.3) is 0 Å². The van der Waals surface area contributed by atoms with E-state index in [1.165, 1.54) is 5.56 Å². The number of urea groups is 1. The van der Waals surface area contributed by atoms with Crippen LogP contribution in [0.3, 0.4) is 0 Å². The van der Waals surface area contributed by atoms with Crippen molar-refractivity contribution in [2.24, 2.45) is 0 Å². The van der Waals surface area contributed by atoms with Crippen molar-refractivity contribution in [3.05, 3.63) is 63.8 Å². The minimum absolute atomic E-state index is 0. The number of amides is 2. The van der Waals surface area contributed by atoms with E-state index in [9.17, 15) is 4.79 Å². The molecule has 4 rings (SSSR count). The van der Waals surface area contributed by atoms with Gasteiger partial charge in [0.15, 0.2) is 0 Å². The van der Waals surface area contributed by atoms with Gasteiger partial charge in [0.2, 0.25) is 0 Å². The maximum atomic E-state index is 12.7. The van der Waals surface area contributed by atoms with Gasteiger partial charge in [0.05, 0.1) is 27.1 Å². The fourth-order valence-electron chi connectivity index (χ4n) is 3.50. The number of hydrogen-bond acceptors (Lipinski definition) is 3. The number of rotatable bonds is 3. The fraction of sp³-hybridized carbons (Fsp3) is 0.304. The van der Waals surface area contributed by atoms with Gasteiger partial charge in [-0.3, -0.25) is 5.32 Å². The summed E-state index contributed by atoms with van der Waals surface area (Å²) in [6, 6.07) is 12.8. The smallest absolute Gasteiger partial charge is 0.324 e. The molecule has 1 aliphatic rings. The highest BCUT2D eigenvalue weighted by molar-refractivity contribution is 6.44. The Kier molecular flexibility index (Phi) is 7.28. The van der Waals surface area contributed by atoms with Gasteiger partial charge < -0.3 is 10.6 Å². The minimum atomic E-state index is -0.426. The predicted molar refractivity (Wildman–Crippen MR) is 135 cm³/mol. The number of nitrogens with zero attached hydrogens (tertiary/aromatic N) is 2. The van der Waals surface area contributed by atoms with Crippen LogP contribution < -0.4 is 16.0 Å². The zero-order chi connectivity index (χ0) is 22.2. The Morgan fingerprint density at radius 1 is 1.12 bits per heavy atom. The van der Waals surface area contributed by atoms with Gasteiger partial charge in [-0.2, -0.15) is 5.10 Å². The van der Waals surface area contributed by atoms with Crippen LogP contribution in [0.1, 0.15) is 38.4 Å². The highest BCUT2D eigenvalue weighted by Gasteiger charge is 2.22. The summed E-state index contributed by atoms with van der Waals surface area (Å²) in [7, 11) is 0. The average Bonchev–Trinajstić information content (AvgIpc) is 3.15. The zero-order valence-corrected chi connectivity index (χ0v) is 20.5. The lowest BCUT2D eigenvalue weighted by Gasteiger charge is -2.19. The van der Waals surface area contributed by atoms with Gasteiger partial charge in [-0.1, -0.05) is 50.0 Å². The fourth-order valence-corrected chi connectivity index (χ4v) is 3.84. The van der Waals surface area contributed by atoms with Crippen LogP contribution in [-0.2, 0) is 11.8 Å². The number of nitrogens with one attached hydrogen (secondary N) is 3. The van der Waals surface area contributed by atoms with Crippen molar-refractivity contribution >= 4 is 58.8 Å². The number of anilines is 3. The molecule has 2 aromatic carbocycles. The molecular weight excluding hydrogens is 469 g/mol. The SMILES string of the molecule is CC(C)(C)c1cc(NC(=O)Nc2cccc(Cl)c2Cl)n(-c2ccc3c(c2)CCCN3)n1.Cl. The van der Waals surface area contributed by atoms with E-state index in [0.717, 1.165) is 36.5 Å². The van der Waals surface area contributed by atoms with Crippen LogP contribution in [0.25, 0.3) is 5.69 Å². The molecule has 2 heterocycles. The first-order valence-electron chi connectivity index (χ1n) is 10.2. The molecule has 32 heavy (non-hydrogen) atoms. The van der Waals surface area contributed by atoms with Crippen LogP contribution in [0.15, 0.2) is 42.5 Å².